The summed E-state index contributed by atoms with van der Waals surface area (Å²) in [5.74, 6) is 1.89. The van der Waals surface area contributed by atoms with E-state index >= 15 is 0 Å². The summed E-state index contributed by atoms with van der Waals surface area (Å²) in [7, 11) is 0. The first kappa shape index (κ1) is 31.9. The molecular weight excluding hydrogens is 717 g/mol. The lowest BCUT2D eigenvalue weighted by molar-refractivity contribution is 0.669. The second-order valence-corrected chi connectivity index (χ2v) is 15.4. The predicted molar refractivity (Wildman–Crippen MR) is 236 cm³/mol. The summed E-state index contributed by atoms with van der Waals surface area (Å²) in [6, 6.07) is 63.7. The average Bonchev–Trinajstić information content (AvgIpc) is 3.96. The molecule has 0 aliphatic rings. The van der Waals surface area contributed by atoms with Crippen LogP contribution in [-0.2, 0) is 0 Å². The van der Waals surface area contributed by atoms with Gasteiger partial charge in [-0.05, 0) is 59.7 Å². The number of hydrogen-bond donors (Lipinski definition) is 0. The largest absolute Gasteiger partial charge is 0.456 e. The Balaban J connectivity index is 1.16. The van der Waals surface area contributed by atoms with Crippen molar-refractivity contribution in [2.75, 3.05) is 0 Å². The number of benzene rings is 8. The van der Waals surface area contributed by atoms with Crippen LogP contribution in [0.3, 0.4) is 0 Å². The highest BCUT2D eigenvalue weighted by Crippen LogP contribution is 2.45. The second-order valence-electron chi connectivity index (χ2n) is 14.4. The summed E-state index contributed by atoms with van der Waals surface area (Å²) in [5, 5.41) is 6.97. The quantitative estimate of drug-likeness (QED) is 0.176. The molecule has 57 heavy (non-hydrogen) atoms. The van der Waals surface area contributed by atoms with Gasteiger partial charge in [-0.15, -0.1) is 11.3 Å². The maximum absolute atomic E-state index is 6.39. The maximum atomic E-state index is 6.39. The molecule has 0 bridgehead atoms. The van der Waals surface area contributed by atoms with Crippen molar-refractivity contribution in [3.8, 4) is 51.0 Å². The Morgan fingerprint density at radius 2 is 1.05 bits per heavy atom. The van der Waals surface area contributed by atoms with E-state index in [1.54, 1.807) is 11.3 Å². The molecule has 0 saturated carbocycles. The molecule has 4 heterocycles. The van der Waals surface area contributed by atoms with Crippen LogP contribution < -0.4 is 0 Å². The van der Waals surface area contributed by atoms with Crippen molar-refractivity contribution in [1.29, 1.82) is 0 Å². The first-order chi connectivity index (χ1) is 28.2. The van der Waals surface area contributed by atoms with Gasteiger partial charge >= 0.3 is 0 Å². The second kappa shape index (κ2) is 12.6. The summed E-state index contributed by atoms with van der Waals surface area (Å²) in [6.45, 7) is 0. The standard InChI is InChI=1S/C51H30N4OS/c1-3-14-31(15-4-1)33-18-13-19-34(28-33)50-52-49(32-16-5-2-6-17-32)53-51(54-50)40-30-35(29-39-36-20-9-12-25-45(36)57-48(39)40)55-41-23-10-7-21-37(41)46-42(55)26-27-44-47(46)38-22-8-11-24-43(38)56-44/h1-30H. The number of fused-ring (bicyclic) bond motifs is 10. The lowest BCUT2D eigenvalue weighted by Gasteiger charge is -2.13. The summed E-state index contributed by atoms with van der Waals surface area (Å²) in [6.07, 6.45) is 0. The molecule has 0 saturated heterocycles. The zero-order valence-corrected chi connectivity index (χ0v) is 31.2. The van der Waals surface area contributed by atoms with Crippen molar-refractivity contribution < 1.29 is 4.42 Å². The van der Waals surface area contributed by atoms with Crippen LogP contribution in [0.1, 0.15) is 0 Å². The normalized spacial score (nSPS) is 11.9. The van der Waals surface area contributed by atoms with Crippen LogP contribution >= 0.6 is 11.3 Å². The number of para-hydroxylation sites is 2. The Labute approximate surface area is 330 Å². The third kappa shape index (κ3) is 5.04. The van der Waals surface area contributed by atoms with Crippen LogP contribution in [0.2, 0.25) is 0 Å². The van der Waals surface area contributed by atoms with E-state index in [1.165, 1.54) is 20.9 Å². The molecule has 0 atom stereocenters. The Kier molecular flexibility index (Phi) is 7.03. The van der Waals surface area contributed by atoms with Gasteiger partial charge in [-0.2, -0.15) is 0 Å². The fourth-order valence-corrected chi connectivity index (χ4v) is 9.66. The topological polar surface area (TPSA) is 56.7 Å². The molecule has 0 aliphatic carbocycles. The number of nitrogens with zero attached hydrogens (tertiary/aromatic N) is 4. The molecule has 0 unspecified atom stereocenters. The SMILES string of the molecule is c1ccc(-c2cccc(-c3nc(-c4ccccc4)nc(-c4cc(-n5c6ccccc6c6c7c(ccc65)oc5ccccc57)cc5c4sc4ccccc45)n3)c2)cc1. The lowest BCUT2D eigenvalue weighted by atomic mass is 10.0. The van der Waals surface area contributed by atoms with Crippen molar-refractivity contribution in [2.24, 2.45) is 0 Å². The van der Waals surface area contributed by atoms with Gasteiger partial charge < -0.3 is 8.98 Å². The third-order valence-electron chi connectivity index (χ3n) is 11.0. The first-order valence-corrected chi connectivity index (χ1v) is 19.8. The molecule has 12 aromatic rings. The van der Waals surface area contributed by atoms with Crippen molar-refractivity contribution in [3.63, 3.8) is 0 Å². The van der Waals surface area contributed by atoms with Gasteiger partial charge in [0.25, 0.3) is 0 Å². The van der Waals surface area contributed by atoms with E-state index in [0.717, 1.165) is 76.6 Å². The molecule has 0 aliphatic heterocycles. The van der Waals surface area contributed by atoms with Gasteiger partial charge in [0.15, 0.2) is 17.5 Å². The molecule has 4 aromatic heterocycles. The Morgan fingerprint density at radius 3 is 1.89 bits per heavy atom. The molecule has 0 N–H and O–H groups in total. The molecule has 5 nitrogen and oxygen atoms in total. The minimum Gasteiger partial charge on any atom is -0.456 e. The van der Waals surface area contributed by atoms with E-state index in [1.807, 2.05) is 36.4 Å². The van der Waals surface area contributed by atoms with Crippen LogP contribution in [0.25, 0.3) is 115 Å². The Morgan fingerprint density at radius 1 is 0.404 bits per heavy atom. The van der Waals surface area contributed by atoms with Crippen LogP contribution in [0, 0.1) is 0 Å². The predicted octanol–water partition coefficient (Wildman–Crippen LogP) is 13.9. The number of aromatic nitrogens is 4. The van der Waals surface area contributed by atoms with Crippen molar-refractivity contribution in [1.82, 2.24) is 19.5 Å². The molecule has 8 aromatic carbocycles. The fourth-order valence-electron chi connectivity index (χ4n) is 8.47. The van der Waals surface area contributed by atoms with Crippen LogP contribution in [-0.4, -0.2) is 19.5 Å². The number of hydrogen-bond acceptors (Lipinski definition) is 5. The van der Waals surface area contributed by atoms with E-state index in [-0.39, 0.29) is 0 Å². The van der Waals surface area contributed by atoms with Crippen LogP contribution in [0.4, 0.5) is 0 Å². The van der Waals surface area contributed by atoms with Gasteiger partial charge in [-0.25, -0.2) is 15.0 Å². The monoisotopic (exact) mass is 746 g/mol. The number of thiophene rings is 1. The molecule has 6 heteroatoms. The molecule has 0 fully saturated rings. The van der Waals surface area contributed by atoms with Crippen LogP contribution in [0.15, 0.2) is 186 Å². The van der Waals surface area contributed by atoms with Crippen molar-refractivity contribution in [2.45, 2.75) is 0 Å². The number of furan rings is 1. The van der Waals surface area contributed by atoms with E-state index < -0.39 is 0 Å². The summed E-state index contributed by atoms with van der Waals surface area (Å²) < 4.78 is 11.1. The molecule has 0 radical (unpaired) electrons. The minimum absolute atomic E-state index is 0.627. The third-order valence-corrected chi connectivity index (χ3v) is 12.3. The van der Waals surface area contributed by atoms with Gasteiger partial charge in [0.05, 0.1) is 11.0 Å². The molecule has 0 amide bonds. The summed E-state index contributed by atoms with van der Waals surface area (Å²) in [5.41, 5.74) is 10.1. The summed E-state index contributed by atoms with van der Waals surface area (Å²) >= 11 is 1.78. The highest BCUT2D eigenvalue weighted by Gasteiger charge is 2.22. The van der Waals surface area contributed by atoms with Gasteiger partial charge in [-0.3, -0.25) is 0 Å². The molecule has 0 spiro atoms. The van der Waals surface area contributed by atoms with Gasteiger partial charge in [0.2, 0.25) is 0 Å². The first-order valence-electron chi connectivity index (χ1n) is 19.0. The van der Waals surface area contributed by atoms with E-state index in [4.69, 9.17) is 19.4 Å². The van der Waals surface area contributed by atoms with E-state index in [9.17, 15) is 0 Å². The summed E-state index contributed by atoms with van der Waals surface area (Å²) in [4.78, 5) is 15.7. The Hall–Kier alpha value is -7.41. The van der Waals surface area contributed by atoms with Crippen molar-refractivity contribution in [3.05, 3.63) is 182 Å². The van der Waals surface area contributed by atoms with Gasteiger partial charge in [0, 0.05) is 64.1 Å². The maximum Gasteiger partial charge on any atom is 0.165 e. The zero-order chi connectivity index (χ0) is 37.5. The fraction of sp³-hybridized carbons (Fsp3) is 0. The zero-order valence-electron chi connectivity index (χ0n) is 30.4. The van der Waals surface area contributed by atoms with Gasteiger partial charge in [0.1, 0.15) is 11.2 Å². The van der Waals surface area contributed by atoms with E-state index in [2.05, 4.69) is 150 Å². The van der Waals surface area contributed by atoms with Crippen molar-refractivity contribution >= 4 is 75.3 Å². The van der Waals surface area contributed by atoms with Crippen LogP contribution in [0.5, 0.6) is 0 Å². The highest BCUT2D eigenvalue weighted by atomic mass is 32.1. The molecular formula is C51H30N4OS. The van der Waals surface area contributed by atoms with Gasteiger partial charge in [-0.1, -0.05) is 133 Å². The smallest absolute Gasteiger partial charge is 0.165 e. The number of rotatable bonds is 5. The molecule has 12 rings (SSSR count). The highest BCUT2D eigenvalue weighted by molar-refractivity contribution is 7.26. The molecule has 266 valence electrons. The lowest BCUT2D eigenvalue weighted by Crippen LogP contribution is -2.01. The Bertz CT molecular complexity index is 3530. The van der Waals surface area contributed by atoms with E-state index in [0.29, 0.717) is 17.5 Å². The minimum atomic E-state index is 0.627. The average molecular weight is 747 g/mol.